The van der Waals surface area contributed by atoms with Crippen LogP contribution in [0.25, 0.3) is 6.08 Å². The van der Waals surface area contributed by atoms with E-state index >= 15 is 0 Å². The minimum atomic E-state index is -0.977. The summed E-state index contributed by atoms with van der Waals surface area (Å²) in [4.78, 5) is 10.5. The third kappa shape index (κ3) is 4.45. The Morgan fingerprint density at radius 2 is 1.95 bits per heavy atom. The van der Waals surface area contributed by atoms with Gasteiger partial charge in [0.15, 0.2) is 0 Å². The van der Waals surface area contributed by atoms with Crippen LogP contribution in [0.1, 0.15) is 23.6 Å². The van der Waals surface area contributed by atoms with Gasteiger partial charge in [0.1, 0.15) is 18.2 Å². The molecule has 0 amide bonds. The molecule has 114 valence electrons. The first-order chi connectivity index (χ1) is 10.6. The molecule has 0 bridgehead atoms. The Kier molecular flexibility index (Phi) is 5.31. The summed E-state index contributed by atoms with van der Waals surface area (Å²) >= 11 is 0. The fourth-order valence-electron chi connectivity index (χ4n) is 2.03. The van der Waals surface area contributed by atoms with Crippen LogP contribution in [-0.4, -0.2) is 11.1 Å². The molecule has 0 aliphatic carbocycles. The van der Waals surface area contributed by atoms with Crippen LogP contribution >= 0.6 is 0 Å². The lowest BCUT2D eigenvalue weighted by Gasteiger charge is -2.11. The highest BCUT2D eigenvalue weighted by Gasteiger charge is 2.04. The van der Waals surface area contributed by atoms with E-state index < -0.39 is 5.97 Å². The van der Waals surface area contributed by atoms with E-state index in [0.717, 1.165) is 34.9 Å². The summed E-state index contributed by atoms with van der Waals surface area (Å²) in [7, 11) is 0. The highest BCUT2D eigenvalue weighted by atomic mass is 19.1. The van der Waals surface area contributed by atoms with E-state index in [2.05, 4.69) is 0 Å². The topological polar surface area (TPSA) is 46.5 Å². The number of aliphatic carboxylic acids is 1. The Balaban J connectivity index is 2.10. The molecule has 1 N–H and O–H groups in total. The second-order valence-corrected chi connectivity index (χ2v) is 4.81. The summed E-state index contributed by atoms with van der Waals surface area (Å²) in [6.07, 6.45) is 3.42. The fourth-order valence-corrected chi connectivity index (χ4v) is 2.03. The van der Waals surface area contributed by atoms with Gasteiger partial charge in [0.05, 0.1) is 0 Å². The molecule has 0 spiro atoms. The number of aryl methyl sites for hydroxylation is 1. The van der Waals surface area contributed by atoms with Crippen molar-refractivity contribution in [2.45, 2.75) is 20.0 Å². The molecule has 0 radical (unpaired) electrons. The van der Waals surface area contributed by atoms with Crippen molar-refractivity contribution in [3.05, 3.63) is 71.0 Å². The number of hydrogen-bond acceptors (Lipinski definition) is 2. The predicted molar refractivity (Wildman–Crippen MR) is 83.2 cm³/mol. The molecule has 4 heteroatoms. The van der Waals surface area contributed by atoms with Crippen molar-refractivity contribution in [2.75, 3.05) is 0 Å². The molecule has 0 saturated heterocycles. The Morgan fingerprint density at radius 3 is 2.59 bits per heavy atom. The average molecular weight is 300 g/mol. The Labute approximate surface area is 128 Å². The number of rotatable bonds is 6. The van der Waals surface area contributed by atoms with Gasteiger partial charge in [-0.1, -0.05) is 25.1 Å². The number of carboxylic acid groups (broad SMARTS) is 1. The molecule has 0 fully saturated rings. The summed E-state index contributed by atoms with van der Waals surface area (Å²) in [5.41, 5.74) is 2.70. The van der Waals surface area contributed by atoms with Crippen LogP contribution in [0.2, 0.25) is 0 Å². The first-order valence-corrected chi connectivity index (χ1v) is 6.99. The normalized spacial score (nSPS) is 10.8. The maximum atomic E-state index is 12.9. The molecule has 0 atom stereocenters. The molecule has 2 rings (SSSR count). The molecular formula is C18H17FO3. The lowest BCUT2D eigenvalue weighted by atomic mass is 10.1. The molecule has 0 unspecified atom stereocenters. The summed E-state index contributed by atoms with van der Waals surface area (Å²) in [5.74, 6) is -0.499. The van der Waals surface area contributed by atoms with Crippen LogP contribution in [0.5, 0.6) is 5.75 Å². The van der Waals surface area contributed by atoms with Crippen LogP contribution in [0.3, 0.4) is 0 Å². The van der Waals surface area contributed by atoms with Gasteiger partial charge in [0, 0.05) is 6.08 Å². The van der Waals surface area contributed by atoms with Crippen LogP contribution in [0, 0.1) is 5.82 Å². The average Bonchev–Trinajstić information content (AvgIpc) is 2.52. The Bertz CT molecular complexity index is 675. The van der Waals surface area contributed by atoms with E-state index in [-0.39, 0.29) is 5.82 Å². The van der Waals surface area contributed by atoms with E-state index in [1.807, 2.05) is 19.1 Å². The zero-order chi connectivity index (χ0) is 15.9. The van der Waals surface area contributed by atoms with Crippen molar-refractivity contribution in [1.82, 2.24) is 0 Å². The third-order valence-corrected chi connectivity index (χ3v) is 3.19. The van der Waals surface area contributed by atoms with E-state index in [4.69, 9.17) is 9.84 Å². The van der Waals surface area contributed by atoms with Gasteiger partial charge in [0.25, 0.3) is 0 Å². The van der Waals surface area contributed by atoms with Gasteiger partial charge in [0.2, 0.25) is 0 Å². The maximum Gasteiger partial charge on any atom is 0.328 e. The van der Waals surface area contributed by atoms with Gasteiger partial charge in [-0.2, -0.15) is 0 Å². The number of carbonyl (C=O) groups is 1. The van der Waals surface area contributed by atoms with Gasteiger partial charge in [-0.15, -0.1) is 0 Å². The molecule has 0 aliphatic rings. The fraction of sp³-hybridized carbons (Fsp3) is 0.167. The second kappa shape index (κ2) is 7.41. The van der Waals surface area contributed by atoms with Crippen LogP contribution in [0.15, 0.2) is 48.5 Å². The Morgan fingerprint density at radius 1 is 1.23 bits per heavy atom. The number of carboxylic acids is 1. The van der Waals surface area contributed by atoms with Gasteiger partial charge in [-0.25, -0.2) is 9.18 Å². The quantitative estimate of drug-likeness (QED) is 0.818. The van der Waals surface area contributed by atoms with Crippen molar-refractivity contribution in [1.29, 1.82) is 0 Å². The highest BCUT2D eigenvalue weighted by Crippen LogP contribution is 2.22. The smallest absolute Gasteiger partial charge is 0.328 e. The largest absolute Gasteiger partial charge is 0.489 e. The number of hydrogen-bond donors (Lipinski definition) is 1. The van der Waals surface area contributed by atoms with Crippen LogP contribution in [0.4, 0.5) is 4.39 Å². The molecular weight excluding hydrogens is 283 g/mol. The van der Waals surface area contributed by atoms with Gasteiger partial charge in [-0.05, 0) is 53.5 Å². The molecule has 0 aromatic heterocycles. The molecule has 0 saturated carbocycles. The van der Waals surface area contributed by atoms with Crippen molar-refractivity contribution < 1.29 is 19.0 Å². The van der Waals surface area contributed by atoms with E-state index in [9.17, 15) is 9.18 Å². The Hall–Kier alpha value is -2.62. The van der Waals surface area contributed by atoms with E-state index in [1.54, 1.807) is 24.3 Å². The van der Waals surface area contributed by atoms with E-state index in [1.165, 1.54) is 12.1 Å². The summed E-state index contributed by atoms with van der Waals surface area (Å²) in [6.45, 7) is 2.36. The summed E-state index contributed by atoms with van der Waals surface area (Å²) < 4.78 is 18.6. The monoisotopic (exact) mass is 300 g/mol. The van der Waals surface area contributed by atoms with Crippen molar-refractivity contribution in [2.24, 2.45) is 0 Å². The molecule has 0 heterocycles. The van der Waals surface area contributed by atoms with Crippen LogP contribution in [-0.2, 0) is 17.8 Å². The lowest BCUT2D eigenvalue weighted by molar-refractivity contribution is -0.131. The number of halogens is 1. The molecule has 22 heavy (non-hydrogen) atoms. The van der Waals surface area contributed by atoms with Crippen LogP contribution < -0.4 is 4.74 Å². The lowest BCUT2D eigenvalue weighted by Crippen LogP contribution is -1.99. The van der Waals surface area contributed by atoms with Gasteiger partial charge in [-0.3, -0.25) is 0 Å². The van der Waals surface area contributed by atoms with Crippen molar-refractivity contribution in [3.8, 4) is 5.75 Å². The number of ether oxygens (including phenoxy) is 1. The SMILES string of the molecule is CCc1cc(/C=C/C(=O)O)ccc1OCc1ccc(F)cc1. The summed E-state index contributed by atoms with van der Waals surface area (Å²) in [6, 6.07) is 11.7. The molecule has 3 nitrogen and oxygen atoms in total. The summed E-state index contributed by atoms with van der Waals surface area (Å²) in [5, 5.41) is 8.65. The number of benzene rings is 2. The van der Waals surface area contributed by atoms with Crippen molar-refractivity contribution >= 4 is 12.0 Å². The maximum absolute atomic E-state index is 12.9. The van der Waals surface area contributed by atoms with Gasteiger partial charge >= 0.3 is 5.97 Å². The zero-order valence-corrected chi connectivity index (χ0v) is 12.3. The zero-order valence-electron chi connectivity index (χ0n) is 12.3. The minimum absolute atomic E-state index is 0.271. The standard InChI is InChI=1S/C18H17FO3/c1-2-15-11-13(6-10-18(20)21)5-9-17(15)22-12-14-3-7-16(19)8-4-14/h3-11H,2,12H2,1H3,(H,20,21)/b10-6+. The highest BCUT2D eigenvalue weighted by molar-refractivity contribution is 5.85. The van der Waals surface area contributed by atoms with E-state index in [0.29, 0.717) is 6.61 Å². The second-order valence-electron chi connectivity index (χ2n) is 4.81. The predicted octanol–water partition coefficient (Wildman–Crippen LogP) is 4.06. The molecule has 2 aromatic carbocycles. The van der Waals surface area contributed by atoms with Gasteiger partial charge < -0.3 is 9.84 Å². The first kappa shape index (κ1) is 15.8. The first-order valence-electron chi connectivity index (χ1n) is 6.99. The van der Waals surface area contributed by atoms with Crippen molar-refractivity contribution in [3.63, 3.8) is 0 Å². The molecule has 0 aliphatic heterocycles. The minimum Gasteiger partial charge on any atom is -0.489 e. The third-order valence-electron chi connectivity index (χ3n) is 3.19. The molecule has 2 aromatic rings.